The second-order valence-corrected chi connectivity index (χ2v) is 5.21. The molecule has 9 heteroatoms. The van der Waals surface area contributed by atoms with Gasteiger partial charge in [0.25, 0.3) is 11.8 Å². The molecule has 2 aliphatic heterocycles. The Morgan fingerprint density at radius 1 is 1.23 bits per heavy atom. The van der Waals surface area contributed by atoms with Crippen LogP contribution in [0, 0.1) is 0 Å². The number of aromatic amines is 1. The van der Waals surface area contributed by atoms with Crippen molar-refractivity contribution in [1.29, 1.82) is 0 Å². The highest BCUT2D eigenvalue weighted by Gasteiger charge is 2.44. The van der Waals surface area contributed by atoms with Gasteiger partial charge in [-0.1, -0.05) is 0 Å². The summed E-state index contributed by atoms with van der Waals surface area (Å²) in [6.45, 7) is 0.416. The fourth-order valence-electron chi connectivity index (χ4n) is 2.66. The van der Waals surface area contributed by atoms with Gasteiger partial charge in [0.05, 0.1) is 6.04 Å². The molecule has 1 aromatic carbocycles. The van der Waals surface area contributed by atoms with Crippen LogP contribution in [0.2, 0.25) is 0 Å². The Kier molecular flexibility index (Phi) is 2.62. The predicted octanol–water partition coefficient (Wildman–Crippen LogP) is -0.239. The van der Waals surface area contributed by atoms with E-state index in [4.69, 9.17) is 0 Å². The van der Waals surface area contributed by atoms with Crippen LogP contribution in [0.15, 0.2) is 18.2 Å². The van der Waals surface area contributed by atoms with Gasteiger partial charge in [0.2, 0.25) is 0 Å². The van der Waals surface area contributed by atoms with Gasteiger partial charge in [-0.15, -0.1) is 0 Å². The zero-order valence-corrected chi connectivity index (χ0v) is 11.4. The molecule has 0 spiro atoms. The van der Waals surface area contributed by atoms with Crippen molar-refractivity contribution in [2.75, 3.05) is 19.7 Å². The number of aromatic nitrogens is 3. The zero-order valence-electron chi connectivity index (χ0n) is 11.4. The first kappa shape index (κ1) is 12.7. The molecule has 1 aromatic heterocycles. The number of likely N-dealkylation sites (tertiary alicyclic amines) is 1. The molecule has 4 rings (SSSR count). The van der Waals surface area contributed by atoms with Crippen molar-refractivity contribution in [1.82, 2.24) is 25.2 Å². The van der Waals surface area contributed by atoms with E-state index < -0.39 is 6.09 Å². The van der Waals surface area contributed by atoms with Gasteiger partial charge < -0.3 is 9.64 Å². The van der Waals surface area contributed by atoms with Crippen molar-refractivity contribution in [2.45, 2.75) is 6.04 Å². The van der Waals surface area contributed by atoms with Crippen LogP contribution in [0.3, 0.4) is 0 Å². The maximum absolute atomic E-state index is 12.4. The quantitative estimate of drug-likeness (QED) is 0.820. The first-order valence-electron chi connectivity index (χ1n) is 6.72. The fraction of sp³-hybridized carbons (Fsp3) is 0.308. The van der Waals surface area contributed by atoms with Crippen molar-refractivity contribution in [3.05, 3.63) is 23.8 Å². The first-order chi connectivity index (χ1) is 10.6. The normalized spacial score (nSPS) is 18.7. The van der Waals surface area contributed by atoms with Crippen molar-refractivity contribution in [3.63, 3.8) is 0 Å². The molecule has 2 fully saturated rings. The topological polar surface area (TPSA) is 108 Å². The highest BCUT2D eigenvalue weighted by Crippen LogP contribution is 2.22. The van der Waals surface area contributed by atoms with E-state index in [0.29, 0.717) is 29.7 Å². The van der Waals surface area contributed by atoms with Gasteiger partial charge >= 0.3 is 6.09 Å². The van der Waals surface area contributed by atoms with Gasteiger partial charge in [0.15, 0.2) is 6.61 Å². The lowest BCUT2D eigenvalue weighted by Crippen LogP contribution is -2.62. The molecular weight excluding hydrogens is 290 g/mol. The number of carbonyl (C=O) groups is 3. The number of cyclic esters (lactones) is 1. The number of carbonyl (C=O) groups excluding carboxylic acids is 3. The van der Waals surface area contributed by atoms with Gasteiger partial charge in [0.1, 0.15) is 11.0 Å². The Hall–Kier alpha value is -2.97. The Labute approximate surface area is 123 Å². The smallest absolute Gasteiger partial charge is 0.417 e. The van der Waals surface area contributed by atoms with Crippen LogP contribution in [0.4, 0.5) is 4.79 Å². The number of ether oxygens (including phenoxy) is 1. The minimum Gasteiger partial charge on any atom is -0.439 e. The summed E-state index contributed by atoms with van der Waals surface area (Å²) >= 11 is 0. The summed E-state index contributed by atoms with van der Waals surface area (Å²) in [6.07, 6.45) is -0.633. The Morgan fingerprint density at radius 2 is 2.00 bits per heavy atom. The number of hydrogen-bond acceptors (Lipinski definition) is 6. The third kappa shape index (κ3) is 1.82. The summed E-state index contributed by atoms with van der Waals surface area (Å²) in [4.78, 5) is 38.0. The van der Waals surface area contributed by atoms with Crippen molar-refractivity contribution >= 4 is 28.9 Å². The van der Waals surface area contributed by atoms with E-state index in [9.17, 15) is 14.4 Å². The average Bonchev–Trinajstić information content (AvgIpc) is 3.05. The number of fused-ring (bicyclic) bond motifs is 1. The summed E-state index contributed by atoms with van der Waals surface area (Å²) in [5, 5.41) is 10.4. The minimum atomic E-state index is -0.633. The van der Waals surface area contributed by atoms with E-state index in [0.717, 1.165) is 4.90 Å². The molecule has 9 nitrogen and oxygen atoms in total. The molecule has 0 saturated carbocycles. The second kappa shape index (κ2) is 4.52. The van der Waals surface area contributed by atoms with Crippen LogP contribution >= 0.6 is 0 Å². The number of amides is 3. The molecule has 2 saturated heterocycles. The van der Waals surface area contributed by atoms with Gasteiger partial charge in [-0.2, -0.15) is 15.4 Å². The number of nitrogens with one attached hydrogen (secondary N) is 1. The van der Waals surface area contributed by atoms with Crippen molar-refractivity contribution in [3.8, 4) is 0 Å². The van der Waals surface area contributed by atoms with E-state index >= 15 is 0 Å². The maximum Gasteiger partial charge on any atom is 0.417 e. The fourth-order valence-corrected chi connectivity index (χ4v) is 2.66. The van der Waals surface area contributed by atoms with Crippen molar-refractivity contribution in [2.24, 2.45) is 0 Å². The molecule has 3 amide bonds. The van der Waals surface area contributed by atoms with E-state index in [1.807, 2.05) is 0 Å². The van der Waals surface area contributed by atoms with Gasteiger partial charge in [-0.3, -0.25) is 9.59 Å². The maximum atomic E-state index is 12.4. The molecule has 2 aliphatic rings. The van der Waals surface area contributed by atoms with Crippen LogP contribution in [0.5, 0.6) is 0 Å². The van der Waals surface area contributed by atoms with E-state index in [-0.39, 0.29) is 24.5 Å². The Morgan fingerprint density at radius 3 is 2.73 bits per heavy atom. The molecule has 0 atom stereocenters. The highest BCUT2D eigenvalue weighted by atomic mass is 16.6. The molecule has 0 bridgehead atoms. The summed E-state index contributed by atoms with van der Waals surface area (Å²) in [7, 11) is 0. The van der Waals surface area contributed by atoms with E-state index in [2.05, 4.69) is 20.1 Å². The summed E-state index contributed by atoms with van der Waals surface area (Å²) < 4.78 is 4.67. The number of rotatable bonds is 2. The van der Waals surface area contributed by atoms with Crippen LogP contribution in [0.1, 0.15) is 10.4 Å². The number of H-pyrrole nitrogens is 1. The lowest BCUT2D eigenvalue weighted by Gasteiger charge is -2.41. The van der Waals surface area contributed by atoms with Crippen LogP contribution < -0.4 is 0 Å². The molecule has 0 unspecified atom stereocenters. The third-order valence-corrected chi connectivity index (χ3v) is 3.86. The lowest BCUT2D eigenvalue weighted by atomic mass is 10.0. The largest absolute Gasteiger partial charge is 0.439 e. The number of nitrogens with zero attached hydrogens (tertiary/aromatic N) is 4. The second-order valence-electron chi connectivity index (χ2n) is 5.21. The van der Waals surface area contributed by atoms with Crippen LogP contribution in [-0.2, 0) is 9.53 Å². The highest BCUT2D eigenvalue weighted by molar-refractivity contribution is 6.00. The SMILES string of the molecule is O=C(c1ccc2n[nH]nc2c1)N1CC(N2C(=O)COC2=O)C1. The minimum absolute atomic E-state index is 0.166. The molecule has 22 heavy (non-hydrogen) atoms. The lowest BCUT2D eigenvalue weighted by molar-refractivity contribution is -0.129. The number of hydrogen-bond donors (Lipinski definition) is 1. The van der Waals surface area contributed by atoms with Gasteiger partial charge in [-0.25, -0.2) is 9.69 Å². The molecule has 0 radical (unpaired) electrons. The van der Waals surface area contributed by atoms with Crippen LogP contribution in [-0.4, -0.2) is 68.9 Å². The Bertz CT molecular complexity index is 779. The van der Waals surface area contributed by atoms with Gasteiger partial charge in [0, 0.05) is 18.7 Å². The zero-order chi connectivity index (χ0) is 15.3. The van der Waals surface area contributed by atoms with E-state index in [1.54, 1.807) is 23.1 Å². The Balaban J connectivity index is 1.47. The third-order valence-electron chi connectivity index (χ3n) is 3.86. The summed E-state index contributed by atoms with van der Waals surface area (Å²) in [5.74, 6) is -0.521. The predicted molar refractivity (Wildman–Crippen MR) is 71.8 cm³/mol. The molecule has 112 valence electrons. The van der Waals surface area contributed by atoms with Crippen LogP contribution in [0.25, 0.3) is 11.0 Å². The first-order valence-corrected chi connectivity index (χ1v) is 6.72. The summed E-state index contributed by atoms with van der Waals surface area (Å²) in [6, 6.07) is 4.74. The van der Waals surface area contributed by atoms with Gasteiger partial charge in [-0.05, 0) is 18.2 Å². The number of imide groups is 1. The standard InChI is InChI=1S/C13H11N5O4/c19-11-6-22-13(21)18(11)8-4-17(5-8)12(20)7-1-2-9-10(3-7)15-16-14-9/h1-3,8H,4-6H2,(H,14,15,16). The average molecular weight is 301 g/mol. The number of benzene rings is 1. The van der Waals surface area contributed by atoms with E-state index in [1.165, 1.54) is 0 Å². The molecular formula is C13H11N5O4. The molecule has 0 aliphatic carbocycles. The molecule has 2 aromatic rings. The molecule has 1 N–H and O–H groups in total. The molecule has 3 heterocycles. The monoisotopic (exact) mass is 301 g/mol. The summed E-state index contributed by atoms with van der Waals surface area (Å²) in [5.41, 5.74) is 1.79. The van der Waals surface area contributed by atoms with Crippen molar-refractivity contribution < 1.29 is 19.1 Å².